The quantitative estimate of drug-likeness (QED) is 0.806. The van der Waals surface area contributed by atoms with Gasteiger partial charge in [-0.3, -0.25) is 0 Å². The molecule has 0 fully saturated rings. The summed E-state index contributed by atoms with van der Waals surface area (Å²) in [6.45, 7) is 2.25. The Bertz CT molecular complexity index is 491. The van der Waals surface area contributed by atoms with Crippen LogP contribution in [0, 0.1) is 11.8 Å². The summed E-state index contributed by atoms with van der Waals surface area (Å²) < 4.78 is 0. The van der Waals surface area contributed by atoms with Crippen LogP contribution in [0.25, 0.3) is 0 Å². The van der Waals surface area contributed by atoms with Crippen molar-refractivity contribution in [2.45, 2.75) is 6.92 Å². The second kappa shape index (κ2) is 6.90. The first-order chi connectivity index (χ1) is 8.58. The van der Waals surface area contributed by atoms with Crippen LogP contribution in [0.4, 0.5) is 10.5 Å². The zero-order valence-corrected chi connectivity index (χ0v) is 11.1. The van der Waals surface area contributed by atoms with Crippen LogP contribution in [0.15, 0.2) is 18.2 Å². The molecule has 1 aromatic rings. The number of urea groups is 1. The maximum Gasteiger partial charge on any atom is 0.321 e. The monoisotopic (exact) mass is 266 g/mol. The van der Waals surface area contributed by atoms with E-state index in [2.05, 4.69) is 17.2 Å². The maximum absolute atomic E-state index is 11.8. The van der Waals surface area contributed by atoms with Crippen LogP contribution in [0.5, 0.6) is 0 Å². The van der Waals surface area contributed by atoms with Gasteiger partial charge in [0, 0.05) is 24.2 Å². The SMILES string of the molecule is CCN(C)C(=O)Nc1cc(Cl)ccc1C#CCO. The summed E-state index contributed by atoms with van der Waals surface area (Å²) in [4.78, 5) is 13.3. The summed E-state index contributed by atoms with van der Waals surface area (Å²) in [6.07, 6.45) is 0. The van der Waals surface area contributed by atoms with Gasteiger partial charge in [0.1, 0.15) is 6.61 Å². The standard InChI is InChI=1S/C13H15ClN2O2/c1-3-16(2)13(18)15-12-9-11(14)7-6-10(12)5-4-8-17/h6-7,9,17H,3,8H2,1-2H3,(H,15,18). The molecular weight excluding hydrogens is 252 g/mol. The largest absolute Gasteiger partial charge is 0.384 e. The lowest BCUT2D eigenvalue weighted by Crippen LogP contribution is -2.31. The molecule has 0 radical (unpaired) electrons. The first-order valence-corrected chi connectivity index (χ1v) is 5.87. The number of halogens is 1. The summed E-state index contributed by atoms with van der Waals surface area (Å²) >= 11 is 5.89. The Morgan fingerprint density at radius 2 is 2.28 bits per heavy atom. The number of anilines is 1. The van der Waals surface area contributed by atoms with E-state index in [0.29, 0.717) is 22.8 Å². The molecule has 0 aromatic heterocycles. The molecule has 0 saturated heterocycles. The fourth-order valence-corrected chi connectivity index (χ4v) is 1.39. The van der Waals surface area contributed by atoms with Crippen LogP contribution in [0.2, 0.25) is 5.02 Å². The average molecular weight is 267 g/mol. The van der Waals surface area contributed by atoms with Crippen molar-refractivity contribution in [2.24, 2.45) is 0 Å². The summed E-state index contributed by atoms with van der Waals surface area (Å²) in [5.74, 6) is 5.30. The van der Waals surface area contributed by atoms with Crippen molar-refractivity contribution >= 4 is 23.3 Å². The maximum atomic E-state index is 11.8. The van der Waals surface area contributed by atoms with Crippen LogP contribution in [0.1, 0.15) is 12.5 Å². The van der Waals surface area contributed by atoms with Crippen molar-refractivity contribution in [1.82, 2.24) is 4.90 Å². The molecule has 1 aromatic carbocycles. The molecule has 18 heavy (non-hydrogen) atoms. The van der Waals surface area contributed by atoms with Gasteiger partial charge in [-0.15, -0.1) is 0 Å². The Balaban J connectivity index is 2.99. The number of nitrogens with one attached hydrogen (secondary N) is 1. The number of nitrogens with zero attached hydrogens (tertiary/aromatic N) is 1. The van der Waals surface area contributed by atoms with Gasteiger partial charge in [-0.25, -0.2) is 4.79 Å². The van der Waals surface area contributed by atoms with E-state index in [4.69, 9.17) is 16.7 Å². The highest BCUT2D eigenvalue weighted by atomic mass is 35.5. The van der Waals surface area contributed by atoms with Crippen LogP contribution < -0.4 is 5.32 Å². The number of aliphatic hydroxyl groups is 1. The van der Waals surface area contributed by atoms with Crippen molar-refractivity contribution in [1.29, 1.82) is 0 Å². The number of amides is 2. The van der Waals surface area contributed by atoms with Gasteiger partial charge in [0.05, 0.1) is 5.69 Å². The Kier molecular flexibility index (Phi) is 5.50. The molecule has 2 amide bonds. The van der Waals surface area contributed by atoms with Crippen molar-refractivity contribution < 1.29 is 9.90 Å². The molecule has 2 N–H and O–H groups in total. The lowest BCUT2D eigenvalue weighted by Gasteiger charge is -2.16. The molecule has 0 aliphatic rings. The number of hydrogen-bond acceptors (Lipinski definition) is 2. The highest BCUT2D eigenvalue weighted by Crippen LogP contribution is 2.20. The molecule has 1 rings (SSSR count). The zero-order valence-electron chi connectivity index (χ0n) is 10.3. The Morgan fingerprint density at radius 1 is 1.56 bits per heavy atom. The van der Waals surface area contributed by atoms with Gasteiger partial charge in [-0.2, -0.15) is 0 Å². The van der Waals surface area contributed by atoms with Gasteiger partial charge in [0.15, 0.2) is 0 Å². The highest BCUT2D eigenvalue weighted by Gasteiger charge is 2.09. The first kappa shape index (κ1) is 14.4. The van der Waals surface area contributed by atoms with Gasteiger partial charge >= 0.3 is 6.03 Å². The summed E-state index contributed by atoms with van der Waals surface area (Å²) in [7, 11) is 1.69. The number of hydrogen-bond donors (Lipinski definition) is 2. The van der Waals surface area contributed by atoms with Crippen LogP contribution in [-0.2, 0) is 0 Å². The lowest BCUT2D eigenvalue weighted by atomic mass is 10.2. The van der Waals surface area contributed by atoms with Gasteiger partial charge < -0.3 is 15.3 Å². The van der Waals surface area contributed by atoms with Crippen molar-refractivity contribution in [3.05, 3.63) is 28.8 Å². The van der Waals surface area contributed by atoms with Crippen molar-refractivity contribution in [3.8, 4) is 11.8 Å². The lowest BCUT2D eigenvalue weighted by molar-refractivity contribution is 0.224. The van der Waals surface area contributed by atoms with E-state index < -0.39 is 0 Å². The van der Waals surface area contributed by atoms with Crippen LogP contribution in [-0.4, -0.2) is 36.2 Å². The van der Waals surface area contributed by atoms with E-state index in [9.17, 15) is 4.79 Å². The summed E-state index contributed by atoms with van der Waals surface area (Å²) in [6, 6.07) is 4.78. The molecule has 0 atom stereocenters. The van der Waals surface area contributed by atoms with E-state index >= 15 is 0 Å². The third-order valence-corrected chi connectivity index (χ3v) is 2.58. The van der Waals surface area contributed by atoms with E-state index in [1.807, 2.05) is 6.92 Å². The molecule has 0 bridgehead atoms. The number of carbonyl (C=O) groups is 1. The fraction of sp³-hybridized carbons (Fsp3) is 0.308. The van der Waals surface area contributed by atoms with E-state index in [1.54, 1.807) is 25.2 Å². The number of rotatable bonds is 2. The number of aliphatic hydroxyl groups excluding tert-OH is 1. The third kappa shape index (κ3) is 3.95. The Labute approximate surface area is 112 Å². The van der Waals surface area contributed by atoms with Gasteiger partial charge in [0.25, 0.3) is 0 Å². The second-order valence-electron chi connectivity index (χ2n) is 3.59. The smallest absolute Gasteiger partial charge is 0.321 e. The second-order valence-corrected chi connectivity index (χ2v) is 4.03. The predicted octanol–water partition coefficient (Wildman–Crippen LogP) is 2.17. The van der Waals surface area contributed by atoms with Crippen molar-refractivity contribution in [2.75, 3.05) is 25.5 Å². The normalized spacial score (nSPS) is 9.33. The molecular formula is C13H15ClN2O2. The van der Waals surface area contributed by atoms with Gasteiger partial charge in [-0.05, 0) is 25.1 Å². The summed E-state index contributed by atoms with van der Waals surface area (Å²) in [5, 5.41) is 11.9. The van der Waals surface area contributed by atoms with E-state index in [1.165, 1.54) is 4.90 Å². The topological polar surface area (TPSA) is 52.6 Å². The molecule has 96 valence electrons. The van der Waals surface area contributed by atoms with Crippen LogP contribution >= 0.6 is 11.6 Å². The number of benzene rings is 1. The molecule has 0 saturated carbocycles. The Hall–Kier alpha value is -1.70. The first-order valence-electron chi connectivity index (χ1n) is 5.50. The Morgan fingerprint density at radius 3 is 2.89 bits per heavy atom. The number of carbonyl (C=O) groups excluding carboxylic acids is 1. The minimum absolute atomic E-state index is 0.230. The van der Waals surface area contributed by atoms with Gasteiger partial charge in [0.2, 0.25) is 0 Å². The molecule has 0 unspecified atom stereocenters. The van der Waals surface area contributed by atoms with E-state index in [-0.39, 0.29) is 12.6 Å². The zero-order chi connectivity index (χ0) is 13.5. The fourth-order valence-electron chi connectivity index (χ4n) is 1.22. The predicted molar refractivity (Wildman–Crippen MR) is 72.7 cm³/mol. The molecule has 4 nitrogen and oxygen atoms in total. The molecule has 5 heteroatoms. The van der Waals surface area contributed by atoms with Crippen molar-refractivity contribution in [3.63, 3.8) is 0 Å². The summed E-state index contributed by atoms with van der Waals surface area (Å²) in [5.41, 5.74) is 1.15. The van der Waals surface area contributed by atoms with E-state index in [0.717, 1.165) is 0 Å². The average Bonchev–Trinajstić information content (AvgIpc) is 2.36. The minimum Gasteiger partial charge on any atom is -0.384 e. The van der Waals surface area contributed by atoms with Crippen LogP contribution in [0.3, 0.4) is 0 Å². The molecule has 0 aliphatic carbocycles. The molecule has 0 heterocycles. The molecule has 0 spiro atoms. The highest BCUT2D eigenvalue weighted by molar-refractivity contribution is 6.31. The minimum atomic E-state index is -0.231. The van der Waals surface area contributed by atoms with Gasteiger partial charge in [-0.1, -0.05) is 23.4 Å². The molecule has 0 aliphatic heterocycles. The third-order valence-electron chi connectivity index (χ3n) is 2.35.